The lowest BCUT2D eigenvalue weighted by atomic mass is 10.1. The standard InChI is InChI=1S/C22H24BrN3O3/c1-14-12-16(10-11-18(14)23)24-20(27)19-15(2)25(13-22(3,4)29)26(21(19)28)17-8-6-5-7-9-17/h5-12,29H,13H2,1-4H3,(H,24,27). The van der Waals surface area contributed by atoms with Crippen molar-refractivity contribution < 1.29 is 9.90 Å². The van der Waals surface area contributed by atoms with Crippen LogP contribution in [0.15, 0.2) is 57.8 Å². The van der Waals surface area contributed by atoms with Gasteiger partial charge in [0, 0.05) is 10.2 Å². The Morgan fingerprint density at radius 2 is 1.79 bits per heavy atom. The van der Waals surface area contributed by atoms with Gasteiger partial charge in [0.2, 0.25) is 0 Å². The molecule has 0 bridgehead atoms. The molecule has 0 saturated heterocycles. The Bertz CT molecular complexity index is 1110. The van der Waals surface area contributed by atoms with Crippen LogP contribution in [0.1, 0.15) is 35.5 Å². The van der Waals surface area contributed by atoms with Gasteiger partial charge in [-0.25, -0.2) is 4.68 Å². The maximum atomic E-state index is 13.2. The number of amides is 1. The summed E-state index contributed by atoms with van der Waals surface area (Å²) in [4.78, 5) is 26.2. The highest BCUT2D eigenvalue weighted by Gasteiger charge is 2.26. The number of para-hydroxylation sites is 1. The van der Waals surface area contributed by atoms with Gasteiger partial charge in [-0.15, -0.1) is 0 Å². The molecule has 0 fully saturated rings. The second-order valence-corrected chi connectivity index (χ2v) is 8.56. The molecule has 0 aliphatic carbocycles. The van der Waals surface area contributed by atoms with Crippen LogP contribution in [0.3, 0.4) is 0 Å². The topological polar surface area (TPSA) is 76.3 Å². The Kier molecular flexibility index (Phi) is 5.82. The van der Waals surface area contributed by atoms with Crippen molar-refractivity contribution in [2.24, 2.45) is 0 Å². The number of hydrogen-bond acceptors (Lipinski definition) is 3. The molecule has 2 aromatic carbocycles. The Labute approximate surface area is 177 Å². The second-order valence-electron chi connectivity index (χ2n) is 7.70. The predicted molar refractivity (Wildman–Crippen MR) is 118 cm³/mol. The molecular formula is C22H24BrN3O3. The Balaban J connectivity index is 2.10. The molecule has 29 heavy (non-hydrogen) atoms. The number of aliphatic hydroxyl groups is 1. The molecule has 1 aromatic heterocycles. The molecule has 1 amide bonds. The number of rotatable bonds is 5. The highest BCUT2D eigenvalue weighted by atomic mass is 79.9. The molecule has 0 aliphatic heterocycles. The number of hydrogen-bond donors (Lipinski definition) is 2. The van der Waals surface area contributed by atoms with E-state index in [1.54, 1.807) is 43.7 Å². The number of anilines is 1. The van der Waals surface area contributed by atoms with Crippen LogP contribution in [0.4, 0.5) is 5.69 Å². The van der Waals surface area contributed by atoms with Gasteiger partial charge in [-0.1, -0.05) is 34.1 Å². The molecule has 0 spiro atoms. The molecule has 0 atom stereocenters. The average Bonchev–Trinajstić information content (AvgIpc) is 2.87. The van der Waals surface area contributed by atoms with Crippen molar-refractivity contribution in [3.8, 4) is 5.69 Å². The van der Waals surface area contributed by atoms with Gasteiger partial charge >= 0.3 is 0 Å². The second kappa shape index (κ2) is 8.00. The van der Waals surface area contributed by atoms with E-state index in [0.29, 0.717) is 17.1 Å². The third kappa shape index (κ3) is 4.52. The maximum absolute atomic E-state index is 13.2. The van der Waals surface area contributed by atoms with E-state index in [0.717, 1.165) is 10.0 Å². The number of carbonyl (C=O) groups is 1. The third-order valence-corrected chi connectivity index (χ3v) is 5.47. The molecule has 3 rings (SSSR count). The van der Waals surface area contributed by atoms with Crippen LogP contribution in [0, 0.1) is 13.8 Å². The van der Waals surface area contributed by atoms with E-state index in [1.807, 2.05) is 37.3 Å². The van der Waals surface area contributed by atoms with Crippen LogP contribution in [-0.2, 0) is 6.54 Å². The van der Waals surface area contributed by atoms with E-state index < -0.39 is 17.1 Å². The minimum absolute atomic E-state index is 0.0543. The first-order valence-corrected chi connectivity index (χ1v) is 10.1. The largest absolute Gasteiger partial charge is 0.389 e. The fraction of sp³-hybridized carbons (Fsp3) is 0.273. The molecule has 0 unspecified atom stereocenters. The average molecular weight is 458 g/mol. The van der Waals surface area contributed by atoms with Crippen molar-refractivity contribution in [1.82, 2.24) is 9.36 Å². The van der Waals surface area contributed by atoms with Gasteiger partial charge in [0.25, 0.3) is 11.5 Å². The number of aromatic nitrogens is 2. The Hall–Kier alpha value is -2.64. The summed E-state index contributed by atoms with van der Waals surface area (Å²) in [7, 11) is 0. The summed E-state index contributed by atoms with van der Waals surface area (Å²) in [5.41, 5.74) is 1.26. The number of benzene rings is 2. The van der Waals surface area contributed by atoms with Crippen molar-refractivity contribution in [2.75, 3.05) is 5.32 Å². The van der Waals surface area contributed by atoms with Crippen LogP contribution in [-0.4, -0.2) is 26.0 Å². The summed E-state index contributed by atoms with van der Waals surface area (Å²) in [5.74, 6) is -0.478. The minimum Gasteiger partial charge on any atom is -0.389 e. The number of halogens is 1. The van der Waals surface area contributed by atoms with E-state index in [1.165, 1.54) is 4.68 Å². The molecule has 0 saturated carbocycles. The molecule has 152 valence electrons. The van der Waals surface area contributed by atoms with Crippen molar-refractivity contribution in [3.63, 3.8) is 0 Å². The first-order chi connectivity index (χ1) is 13.6. The van der Waals surface area contributed by atoms with Crippen LogP contribution in [0.5, 0.6) is 0 Å². The Morgan fingerprint density at radius 1 is 1.14 bits per heavy atom. The molecule has 1 heterocycles. The fourth-order valence-corrected chi connectivity index (χ4v) is 3.46. The number of nitrogens with one attached hydrogen (secondary N) is 1. The van der Waals surface area contributed by atoms with Gasteiger partial charge in [0.05, 0.1) is 23.5 Å². The molecule has 2 N–H and O–H groups in total. The molecule has 7 heteroatoms. The molecule has 6 nitrogen and oxygen atoms in total. The molecule has 0 radical (unpaired) electrons. The van der Waals surface area contributed by atoms with Crippen LogP contribution in [0.25, 0.3) is 5.69 Å². The predicted octanol–water partition coefficient (Wildman–Crippen LogP) is 4.04. The smallest absolute Gasteiger partial charge is 0.284 e. The summed E-state index contributed by atoms with van der Waals surface area (Å²) in [6, 6.07) is 14.5. The minimum atomic E-state index is -1.07. The van der Waals surface area contributed by atoms with Crippen molar-refractivity contribution in [1.29, 1.82) is 0 Å². The van der Waals surface area contributed by atoms with E-state index in [2.05, 4.69) is 21.2 Å². The first-order valence-electron chi connectivity index (χ1n) is 9.26. The lowest BCUT2D eigenvalue weighted by Gasteiger charge is -2.22. The molecule has 0 aliphatic rings. The highest BCUT2D eigenvalue weighted by Crippen LogP contribution is 2.21. The normalized spacial score (nSPS) is 11.5. The molecule has 3 aromatic rings. The maximum Gasteiger partial charge on any atom is 0.284 e. The number of aryl methyl sites for hydroxylation is 1. The lowest BCUT2D eigenvalue weighted by Crippen LogP contribution is -2.32. The van der Waals surface area contributed by atoms with Crippen molar-refractivity contribution in [3.05, 3.63) is 80.2 Å². The first kappa shape index (κ1) is 21.1. The van der Waals surface area contributed by atoms with E-state index in [-0.39, 0.29) is 12.1 Å². The van der Waals surface area contributed by atoms with E-state index >= 15 is 0 Å². The summed E-state index contributed by atoms with van der Waals surface area (Å²) < 4.78 is 4.03. The molecular weight excluding hydrogens is 434 g/mol. The van der Waals surface area contributed by atoms with Crippen molar-refractivity contribution in [2.45, 2.75) is 39.8 Å². The van der Waals surface area contributed by atoms with E-state index in [4.69, 9.17) is 0 Å². The number of nitrogens with zero attached hydrogens (tertiary/aromatic N) is 2. The summed E-state index contributed by atoms with van der Waals surface area (Å²) in [6.07, 6.45) is 0. The van der Waals surface area contributed by atoms with Gasteiger partial charge in [0.15, 0.2) is 0 Å². The third-order valence-electron chi connectivity index (χ3n) is 4.58. The van der Waals surface area contributed by atoms with E-state index in [9.17, 15) is 14.7 Å². The van der Waals surface area contributed by atoms with Gasteiger partial charge in [0.1, 0.15) is 5.56 Å². The van der Waals surface area contributed by atoms with Gasteiger partial charge in [-0.05, 0) is 63.6 Å². The van der Waals surface area contributed by atoms with Crippen LogP contribution in [0.2, 0.25) is 0 Å². The zero-order chi connectivity index (χ0) is 21.3. The van der Waals surface area contributed by atoms with Gasteiger partial charge in [-0.3, -0.25) is 14.3 Å². The zero-order valence-electron chi connectivity index (χ0n) is 16.9. The van der Waals surface area contributed by atoms with Crippen LogP contribution < -0.4 is 10.9 Å². The zero-order valence-corrected chi connectivity index (χ0v) is 18.4. The highest BCUT2D eigenvalue weighted by molar-refractivity contribution is 9.10. The van der Waals surface area contributed by atoms with Gasteiger partial charge < -0.3 is 10.4 Å². The summed E-state index contributed by atoms with van der Waals surface area (Å²) in [6.45, 7) is 7.13. The summed E-state index contributed by atoms with van der Waals surface area (Å²) in [5, 5.41) is 13.2. The lowest BCUT2D eigenvalue weighted by molar-refractivity contribution is 0.0546. The Morgan fingerprint density at radius 3 is 2.38 bits per heavy atom. The number of carbonyl (C=O) groups excluding carboxylic acids is 1. The van der Waals surface area contributed by atoms with Crippen LogP contribution >= 0.6 is 15.9 Å². The SMILES string of the molecule is Cc1cc(NC(=O)c2c(C)n(CC(C)(C)O)n(-c3ccccc3)c2=O)ccc1Br. The fourth-order valence-electron chi connectivity index (χ4n) is 3.21. The summed E-state index contributed by atoms with van der Waals surface area (Å²) >= 11 is 3.44. The van der Waals surface area contributed by atoms with Gasteiger partial charge in [-0.2, -0.15) is 0 Å². The monoisotopic (exact) mass is 457 g/mol. The van der Waals surface area contributed by atoms with Crippen molar-refractivity contribution >= 4 is 27.5 Å². The quantitative estimate of drug-likeness (QED) is 0.606.